The molecule has 0 fully saturated rings. The van der Waals surface area contributed by atoms with E-state index >= 15 is 0 Å². The number of rotatable bonds is 5. The van der Waals surface area contributed by atoms with E-state index in [0.717, 1.165) is 104 Å². The maximum absolute atomic E-state index is 6.19. The molecule has 0 unspecified atom stereocenters. The van der Waals surface area contributed by atoms with Gasteiger partial charge in [0.2, 0.25) is 0 Å². The molecule has 4 heterocycles. The van der Waals surface area contributed by atoms with Crippen LogP contribution in [-0.2, 0) is 0 Å². The number of furan rings is 4. The van der Waals surface area contributed by atoms with E-state index in [9.17, 15) is 0 Å². The van der Waals surface area contributed by atoms with Crippen LogP contribution in [0.25, 0.3) is 143 Å². The summed E-state index contributed by atoms with van der Waals surface area (Å²) in [7, 11) is 0. The van der Waals surface area contributed by atoms with Gasteiger partial charge in [-0.05, 0) is 147 Å². The van der Waals surface area contributed by atoms with Crippen molar-refractivity contribution in [2.24, 2.45) is 0 Å². The van der Waals surface area contributed by atoms with Crippen molar-refractivity contribution in [1.82, 2.24) is 0 Å². The zero-order chi connectivity index (χ0) is 46.1. The third-order valence-electron chi connectivity index (χ3n) is 13.8. The SMILES string of the molecule is c1ccc(-c2ccc3oc4ccc(-c5ccc6oc7ccc(-c8ccccc8)cc7c6c5)cc4c3c2)cc1.c1ccc(-c2ccc3oc4ccc(-c5ccc6oc7ccccc7c6c5)cc4c3c2)cc1. The molecule has 0 aliphatic rings. The molecule has 0 spiro atoms. The summed E-state index contributed by atoms with van der Waals surface area (Å²) in [5, 5.41) is 9.06. The molecule has 11 aromatic carbocycles. The van der Waals surface area contributed by atoms with E-state index in [2.05, 4.69) is 212 Å². The van der Waals surface area contributed by atoms with Crippen LogP contribution < -0.4 is 0 Å². The molecule has 15 rings (SSSR count). The highest BCUT2D eigenvalue weighted by molar-refractivity contribution is 6.11. The fraction of sp³-hybridized carbons (Fsp3) is 0. The fourth-order valence-electron chi connectivity index (χ4n) is 10.2. The lowest BCUT2D eigenvalue weighted by molar-refractivity contribution is 0.668. The summed E-state index contributed by atoms with van der Waals surface area (Å²) in [6.07, 6.45) is 0. The molecule has 328 valence electrons. The highest BCUT2D eigenvalue weighted by atomic mass is 16.3. The predicted octanol–water partition coefficient (Wildman–Crippen LogP) is 19.3. The minimum Gasteiger partial charge on any atom is -0.456 e. The quantitative estimate of drug-likeness (QED) is 0.173. The predicted molar refractivity (Wildman–Crippen MR) is 289 cm³/mol. The second-order valence-corrected chi connectivity index (χ2v) is 18.0. The van der Waals surface area contributed by atoms with Gasteiger partial charge in [-0.25, -0.2) is 0 Å². The van der Waals surface area contributed by atoms with Crippen molar-refractivity contribution in [1.29, 1.82) is 0 Å². The van der Waals surface area contributed by atoms with E-state index in [-0.39, 0.29) is 0 Å². The van der Waals surface area contributed by atoms with Crippen LogP contribution in [0.2, 0.25) is 0 Å². The molecule has 0 bridgehead atoms. The molecule has 0 aliphatic carbocycles. The largest absolute Gasteiger partial charge is 0.456 e. The first kappa shape index (κ1) is 39.8. The maximum atomic E-state index is 6.19. The molecular formula is C66H40O4. The van der Waals surface area contributed by atoms with E-state index in [4.69, 9.17) is 17.7 Å². The Labute approximate surface area is 401 Å². The van der Waals surface area contributed by atoms with E-state index in [1.807, 2.05) is 30.3 Å². The average Bonchev–Trinajstić information content (AvgIpc) is 4.20. The minimum absolute atomic E-state index is 0.899. The Hall–Kier alpha value is -9.38. The van der Waals surface area contributed by atoms with Gasteiger partial charge in [0.1, 0.15) is 44.7 Å². The van der Waals surface area contributed by atoms with Gasteiger partial charge in [-0.15, -0.1) is 0 Å². The van der Waals surface area contributed by atoms with Gasteiger partial charge < -0.3 is 17.7 Å². The molecule has 0 aliphatic heterocycles. The lowest BCUT2D eigenvalue weighted by Crippen LogP contribution is -1.79. The molecule has 4 aromatic heterocycles. The normalized spacial score (nSPS) is 11.7. The monoisotopic (exact) mass is 896 g/mol. The van der Waals surface area contributed by atoms with E-state index < -0.39 is 0 Å². The van der Waals surface area contributed by atoms with Gasteiger partial charge in [-0.1, -0.05) is 152 Å². The third-order valence-corrected chi connectivity index (χ3v) is 13.8. The van der Waals surface area contributed by atoms with Crippen molar-refractivity contribution in [2.45, 2.75) is 0 Å². The van der Waals surface area contributed by atoms with Gasteiger partial charge in [-0.3, -0.25) is 0 Å². The molecular weight excluding hydrogens is 857 g/mol. The molecule has 70 heavy (non-hydrogen) atoms. The molecule has 15 aromatic rings. The lowest BCUT2D eigenvalue weighted by atomic mass is 9.98. The number of hydrogen-bond donors (Lipinski definition) is 0. The van der Waals surface area contributed by atoms with Crippen LogP contribution in [0.1, 0.15) is 0 Å². The van der Waals surface area contributed by atoms with Crippen molar-refractivity contribution >= 4 is 87.8 Å². The summed E-state index contributed by atoms with van der Waals surface area (Å²) in [4.78, 5) is 0. The Kier molecular flexibility index (Phi) is 9.17. The first-order chi connectivity index (χ1) is 34.6. The van der Waals surface area contributed by atoms with Gasteiger partial charge in [0, 0.05) is 43.1 Å². The zero-order valence-electron chi connectivity index (χ0n) is 37.7. The molecule has 4 heteroatoms. The van der Waals surface area contributed by atoms with Gasteiger partial charge in [0.05, 0.1) is 0 Å². The Morgan fingerprint density at radius 2 is 0.343 bits per heavy atom. The van der Waals surface area contributed by atoms with E-state index in [0.29, 0.717) is 0 Å². The van der Waals surface area contributed by atoms with Crippen molar-refractivity contribution in [3.05, 3.63) is 243 Å². The molecule has 0 N–H and O–H groups in total. The highest BCUT2D eigenvalue weighted by Gasteiger charge is 2.15. The van der Waals surface area contributed by atoms with Crippen LogP contribution >= 0.6 is 0 Å². The van der Waals surface area contributed by atoms with E-state index in [1.165, 1.54) is 38.9 Å². The summed E-state index contributed by atoms with van der Waals surface area (Å²) in [6, 6.07) is 84.7. The van der Waals surface area contributed by atoms with Gasteiger partial charge in [0.15, 0.2) is 0 Å². The Bertz CT molecular complexity index is 4300. The minimum atomic E-state index is 0.899. The van der Waals surface area contributed by atoms with Gasteiger partial charge in [0.25, 0.3) is 0 Å². The van der Waals surface area contributed by atoms with Crippen LogP contribution in [0, 0.1) is 0 Å². The summed E-state index contributed by atoms with van der Waals surface area (Å²) in [5.74, 6) is 0. The summed E-state index contributed by atoms with van der Waals surface area (Å²) >= 11 is 0. The van der Waals surface area contributed by atoms with Crippen molar-refractivity contribution in [3.63, 3.8) is 0 Å². The Morgan fingerprint density at radius 3 is 0.614 bits per heavy atom. The van der Waals surface area contributed by atoms with Crippen LogP contribution in [0.5, 0.6) is 0 Å². The van der Waals surface area contributed by atoms with E-state index in [1.54, 1.807) is 0 Å². The molecule has 0 amide bonds. The maximum Gasteiger partial charge on any atom is 0.135 e. The van der Waals surface area contributed by atoms with Crippen LogP contribution in [0.3, 0.4) is 0 Å². The molecule has 0 atom stereocenters. The lowest BCUT2D eigenvalue weighted by Gasteiger charge is -2.04. The molecule has 0 radical (unpaired) electrons. The molecule has 0 saturated heterocycles. The Balaban J connectivity index is 0.000000133. The fourth-order valence-corrected chi connectivity index (χ4v) is 10.2. The second-order valence-electron chi connectivity index (χ2n) is 18.0. The first-order valence-electron chi connectivity index (χ1n) is 23.6. The standard InChI is InChI=1S/C36H22O2.C30H18O2/c1-3-7-23(8-4-1)25-11-15-33-29(19-25)31-21-27(13-17-35(31)37-33)28-14-18-36-32(22-28)30-20-26(12-16-34(30)38-36)24-9-5-2-6-10-24;1-2-6-19(7-3-1)20-10-13-29-25(16-20)26-18-22(12-15-30(26)32-29)21-11-14-28-24(17-21)23-8-4-5-9-27(23)31-28/h1-22H;1-18H. The van der Waals surface area contributed by atoms with Gasteiger partial charge in [-0.2, -0.15) is 0 Å². The smallest absolute Gasteiger partial charge is 0.135 e. The topological polar surface area (TPSA) is 52.6 Å². The number of para-hydroxylation sites is 1. The number of fused-ring (bicyclic) bond motifs is 12. The number of hydrogen-bond acceptors (Lipinski definition) is 4. The summed E-state index contributed by atoms with van der Waals surface area (Å²) in [6.45, 7) is 0. The Morgan fingerprint density at radius 1 is 0.143 bits per heavy atom. The summed E-state index contributed by atoms with van der Waals surface area (Å²) in [5.41, 5.74) is 19.1. The van der Waals surface area contributed by atoms with Crippen molar-refractivity contribution < 1.29 is 17.7 Å². The second kappa shape index (κ2) is 16.2. The highest BCUT2D eigenvalue weighted by Crippen LogP contribution is 2.40. The van der Waals surface area contributed by atoms with Gasteiger partial charge >= 0.3 is 0 Å². The van der Waals surface area contributed by atoms with Crippen LogP contribution in [0.4, 0.5) is 0 Å². The zero-order valence-corrected chi connectivity index (χ0v) is 37.7. The number of benzene rings is 11. The van der Waals surface area contributed by atoms with Crippen LogP contribution in [0.15, 0.2) is 260 Å². The summed E-state index contributed by atoms with van der Waals surface area (Å²) < 4.78 is 24.5. The van der Waals surface area contributed by atoms with Crippen molar-refractivity contribution in [3.8, 4) is 55.6 Å². The molecule has 4 nitrogen and oxygen atoms in total. The molecule has 0 saturated carbocycles. The van der Waals surface area contributed by atoms with Crippen molar-refractivity contribution in [2.75, 3.05) is 0 Å². The third kappa shape index (κ3) is 6.85. The van der Waals surface area contributed by atoms with Crippen LogP contribution in [-0.4, -0.2) is 0 Å². The average molecular weight is 897 g/mol. The first-order valence-corrected chi connectivity index (χ1v) is 23.6.